The molecule has 0 atom stereocenters. The fourth-order valence-electron chi connectivity index (χ4n) is 5.82. The van der Waals surface area contributed by atoms with Crippen molar-refractivity contribution in [3.05, 3.63) is 81.9 Å². The molecule has 0 N–H and O–H groups in total. The van der Waals surface area contributed by atoms with Crippen LogP contribution in [0, 0.1) is 41.5 Å². The molecule has 0 radical (unpaired) electrons. The Labute approximate surface area is 204 Å². The van der Waals surface area contributed by atoms with E-state index in [2.05, 4.69) is 122 Å². The average Bonchev–Trinajstić information content (AvgIpc) is 3.43. The first-order chi connectivity index (χ1) is 16.3. The number of hydrogen-bond donors (Lipinski definition) is 0. The molecule has 2 aliphatic heterocycles. The number of benzene rings is 3. The molecule has 0 bridgehead atoms. The van der Waals surface area contributed by atoms with Crippen molar-refractivity contribution in [2.24, 2.45) is 0 Å². The largest absolute Gasteiger partial charge is 0.244 e. The highest BCUT2D eigenvalue weighted by Gasteiger charge is 2.27. The summed E-state index contributed by atoms with van der Waals surface area (Å²) in [6.45, 7) is 17.2. The molecule has 4 nitrogen and oxygen atoms in total. The summed E-state index contributed by atoms with van der Waals surface area (Å²) in [6, 6.07) is 18.1. The molecule has 5 rings (SSSR count). The van der Waals surface area contributed by atoms with Crippen molar-refractivity contribution in [1.29, 1.82) is 0 Å². The van der Waals surface area contributed by atoms with E-state index in [-0.39, 0.29) is 0 Å². The predicted molar refractivity (Wildman–Crippen MR) is 144 cm³/mol. The smallest absolute Gasteiger partial charge is 0.230 e. The Bertz CT molecular complexity index is 1170. The minimum Gasteiger partial charge on any atom is -0.230 e. The molecule has 0 spiro atoms. The normalized spacial score (nSPS) is 15.7. The van der Waals surface area contributed by atoms with Crippen molar-refractivity contribution >= 4 is 35.4 Å². The average molecular weight is 453 g/mol. The summed E-state index contributed by atoms with van der Waals surface area (Å²) in [5.41, 5.74) is 13.2. The number of rotatable bonds is 4. The van der Waals surface area contributed by atoms with Crippen LogP contribution in [0.5, 0.6) is 0 Å². The van der Waals surface area contributed by atoms with E-state index in [1.54, 1.807) is 0 Å². The standard InChI is InChI=1S/C30H36N4/c1-21-15-23(3)29(24(4)16-21)33-13-11-31(19-33)27-7-9-28(10-8-27)32-12-14-34(20-32)30-25(5)17-22(2)18-26(30)6/h7-10,15-20H,11-14H2,1-6H3/q+2. The highest BCUT2D eigenvalue weighted by Crippen LogP contribution is 2.29. The molecule has 4 heteroatoms. The summed E-state index contributed by atoms with van der Waals surface area (Å²) >= 11 is 0. The van der Waals surface area contributed by atoms with Crippen molar-refractivity contribution < 1.29 is 9.15 Å². The first kappa shape index (κ1) is 22.4. The Morgan fingerprint density at radius 3 is 1.18 bits per heavy atom. The summed E-state index contributed by atoms with van der Waals surface area (Å²) in [5, 5.41) is 0. The Morgan fingerprint density at radius 1 is 0.529 bits per heavy atom. The van der Waals surface area contributed by atoms with Crippen molar-refractivity contribution in [2.45, 2.75) is 41.5 Å². The molecular weight excluding hydrogens is 416 g/mol. The van der Waals surface area contributed by atoms with Crippen LogP contribution in [-0.4, -0.2) is 48.0 Å². The number of hydrogen-bond acceptors (Lipinski definition) is 2. The molecule has 0 fully saturated rings. The maximum Gasteiger partial charge on any atom is 0.244 e. The van der Waals surface area contributed by atoms with E-state index in [1.165, 1.54) is 56.1 Å². The molecule has 0 aromatic heterocycles. The van der Waals surface area contributed by atoms with Crippen LogP contribution in [0.3, 0.4) is 0 Å². The van der Waals surface area contributed by atoms with Gasteiger partial charge in [0.15, 0.2) is 0 Å². The third-order valence-electron chi connectivity index (χ3n) is 7.08. The lowest BCUT2D eigenvalue weighted by molar-refractivity contribution is -0.425. The molecule has 0 aliphatic carbocycles. The van der Waals surface area contributed by atoms with Gasteiger partial charge in [-0.05, 0) is 88.1 Å². The zero-order valence-corrected chi connectivity index (χ0v) is 21.4. The summed E-state index contributed by atoms with van der Waals surface area (Å²) in [5.74, 6) is 0. The Hall–Kier alpha value is -3.40. The van der Waals surface area contributed by atoms with Gasteiger partial charge >= 0.3 is 0 Å². The van der Waals surface area contributed by atoms with E-state index < -0.39 is 0 Å². The van der Waals surface area contributed by atoms with Gasteiger partial charge in [0.2, 0.25) is 12.7 Å². The minimum absolute atomic E-state index is 1.00. The van der Waals surface area contributed by atoms with Crippen LogP contribution in [0.15, 0.2) is 48.5 Å². The highest BCUT2D eigenvalue weighted by molar-refractivity contribution is 5.82. The molecule has 2 aliphatic rings. The second-order valence-corrected chi connectivity index (χ2v) is 10.0. The van der Waals surface area contributed by atoms with Gasteiger partial charge in [0.1, 0.15) is 48.9 Å². The van der Waals surface area contributed by atoms with Crippen molar-refractivity contribution in [3.8, 4) is 0 Å². The summed E-state index contributed by atoms with van der Waals surface area (Å²) in [7, 11) is 0. The van der Waals surface area contributed by atoms with E-state index >= 15 is 0 Å². The van der Waals surface area contributed by atoms with E-state index in [0.717, 1.165) is 26.2 Å². The van der Waals surface area contributed by atoms with Crippen LogP contribution in [0.1, 0.15) is 33.4 Å². The second kappa shape index (κ2) is 8.75. The molecule has 0 saturated carbocycles. The van der Waals surface area contributed by atoms with Gasteiger partial charge in [-0.25, -0.2) is 19.0 Å². The minimum atomic E-state index is 1.00. The molecule has 3 aromatic rings. The molecule has 174 valence electrons. The van der Waals surface area contributed by atoms with Gasteiger partial charge < -0.3 is 0 Å². The summed E-state index contributed by atoms with van der Waals surface area (Å²) in [4.78, 5) is 4.73. The van der Waals surface area contributed by atoms with E-state index in [4.69, 9.17) is 0 Å². The van der Waals surface area contributed by atoms with Crippen LogP contribution in [0.25, 0.3) is 0 Å². The molecule has 2 heterocycles. The molecule has 34 heavy (non-hydrogen) atoms. The van der Waals surface area contributed by atoms with Gasteiger partial charge in [-0.2, -0.15) is 0 Å². The second-order valence-electron chi connectivity index (χ2n) is 10.0. The summed E-state index contributed by atoms with van der Waals surface area (Å²) in [6.07, 6.45) is 4.54. The lowest BCUT2D eigenvalue weighted by Crippen LogP contribution is -2.20. The van der Waals surface area contributed by atoms with Crippen LogP contribution >= 0.6 is 0 Å². The summed E-state index contributed by atoms with van der Waals surface area (Å²) < 4.78 is 4.80. The quantitative estimate of drug-likeness (QED) is 0.456. The highest BCUT2D eigenvalue weighted by atomic mass is 15.3. The maximum atomic E-state index is 2.40. The van der Waals surface area contributed by atoms with Gasteiger partial charge in [-0.3, -0.25) is 0 Å². The first-order valence-corrected chi connectivity index (χ1v) is 12.3. The van der Waals surface area contributed by atoms with Gasteiger partial charge in [-0.1, -0.05) is 35.4 Å². The van der Waals surface area contributed by atoms with Gasteiger partial charge in [0.05, 0.1) is 0 Å². The lowest BCUT2D eigenvalue weighted by Gasteiger charge is -2.10. The maximum absolute atomic E-state index is 2.40. The molecular formula is C30H36N4+2. The van der Waals surface area contributed by atoms with Crippen LogP contribution in [0.2, 0.25) is 0 Å². The third kappa shape index (κ3) is 4.13. The van der Waals surface area contributed by atoms with Crippen molar-refractivity contribution in [3.63, 3.8) is 0 Å². The van der Waals surface area contributed by atoms with Gasteiger partial charge in [0.25, 0.3) is 0 Å². The first-order valence-electron chi connectivity index (χ1n) is 12.3. The Kier molecular flexibility index (Phi) is 5.76. The Balaban J connectivity index is 1.35. The van der Waals surface area contributed by atoms with Crippen LogP contribution in [0.4, 0.5) is 22.7 Å². The van der Waals surface area contributed by atoms with Crippen LogP contribution in [-0.2, 0) is 0 Å². The van der Waals surface area contributed by atoms with E-state index in [0.29, 0.717) is 0 Å². The molecule has 0 amide bonds. The topological polar surface area (TPSA) is 12.5 Å². The lowest BCUT2D eigenvalue weighted by atomic mass is 10.0. The number of nitrogens with zero attached hydrogens (tertiary/aromatic N) is 4. The van der Waals surface area contributed by atoms with Gasteiger partial charge in [0, 0.05) is 0 Å². The van der Waals surface area contributed by atoms with Crippen molar-refractivity contribution in [1.82, 2.24) is 0 Å². The van der Waals surface area contributed by atoms with Crippen LogP contribution < -0.4 is 9.80 Å². The predicted octanol–water partition coefficient (Wildman–Crippen LogP) is 5.92. The number of aryl methyl sites for hydroxylation is 6. The van der Waals surface area contributed by atoms with E-state index in [1.807, 2.05) is 0 Å². The fraction of sp³-hybridized carbons (Fsp3) is 0.333. The molecule has 0 unspecified atom stereocenters. The molecule has 3 aromatic carbocycles. The fourth-order valence-corrected chi connectivity index (χ4v) is 5.82. The van der Waals surface area contributed by atoms with Crippen molar-refractivity contribution in [2.75, 3.05) is 36.0 Å². The SMILES string of the molecule is Cc1cc(C)c([N+]2=CN(c3ccc(N4C=[N+](c5c(C)cc(C)cc5C)CC4)cc3)CC2)c(C)c1. The zero-order chi connectivity index (χ0) is 24.0. The number of anilines is 2. The third-order valence-corrected chi connectivity index (χ3v) is 7.08. The van der Waals surface area contributed by atoms with Gasteiger partial charge in [-0.15, -0.1) is 0 Å². The Morgan fingerprint density at radius 2 is 0.853 bits per heavy atom. The molecule has 0 saturated heterocycles. The monoisotopic (exact) mass is 452 g/mol. The zero-order valence-electron chi connectivity index (χ0n) is 21.4. The van der Waals surface area contributed by atoms with E-state index in [9.17, 15) is 0 Å².